The van der Waals surface area contributed by atoms with Crippen molar-refractivity contribution in [3.05, 3.63) is 30.3 Å². The fraction of sp³-hybridized carbons (Fsp3) is 0.462. The maximum absolute atomic E-state index is 12.2. The van der Waals surface area contributed by atoms with Gasteiger partial charge in [-0.3, -0.25) is 4.79 Å². The largest absolute Gasteiger partial charge is 0.312 e. The van der Waals surface area contributed by atoms with Crippen molar-refractivity contribution in [1.82, 2.24) is 0 Å². The first-order valence-corrected chi connectivity index (χ1v) is 5.48. The number of carbonyl (C=O) groups excluding carboxylic acids is 1. The summed E-state index contributed by atoms with van der Waals surface area (Å²) in [6, 6.07) is 9.93. The van der Waals surface area contributed by atoms with E-state index in [-0.39, 0.29) is 11.3 Å². The molecule has 0 spiro atoms. The lowest BCUT2D eigenvalue weighted by Crippen LogP contribution is -2.46. The van der Waals surface area contributed by atoms with Crippen LogP contribution in [0.5, 0.6) is 0 Å². The van der Waals surface area contributed by atoms with Gasteiger partial charge >= 0.3 is 0 Å². The van der Waals surface area contributed by atoms with E-state index in [0.717, 1.165) is 25.1 Å². The minimum absolute atomic E-state index is 0.200. The Hall–Kier alpha value is -1.31. The Labute approximate surface area is 90.9 Å². The van der Waals surface area contributed by atoms with Crippen LogP contribution in [0.15, 0.2) is 30.3 Å². The Balaban J connectivity index is 2.27. The highest BCUT2D eigenvalue weighted by Crippen LogP contribution is 2.32. The lowest BCUT2D eigenvalue weighted by molar-refractivity contribution is -0.128. The van der Waals surface area contributed by atoms with E-state index in [0.29, 0.717) is 0 Å². The second-order valence-corrected chi connectivity index (χ2v) is 4.78. The summed E-state index contributed by atoms with van der Waals surface area (Å²) in [6.45, 7) is 4.92. The van der Waals surface area contributed by atoms with Gasteiger partial charge in [-0.05, 0) is 25.0 Å². The molecule has 0 aliphatic carbocycles. The first-order chi connectivity index (χ1) is 7.11. The smallest absolute Gasteiger partial charge is 0.232 e. The van der Waals surface area contributed by atoms with Crippen LogP contribution in [-0.2, 0) is 4.79 Å². The van der Waals surface area contributed by atoms with Crippen molar-refractivity contribution in [3.8, 4) is 0 Å². The summed E-state index contributed by atoms with van der Waals surface area (Å²) in [4.78, 5) is 14.1. The van der Waals surface area contributed by atoms with Crippen molar-refractivity contribution in [2.45, 2.75) is 26.7 Å². The maximum atomic E-state index is 12.2. The summed E-state index contributed by atoms with van der Waals surface area (Å²) in [5.74, 6) is 0.250. The van der Waals surface area contributed by atoms with Crippen LogP contribution in [0.4, 0.5) is 5.69 Å². The van der Waals surface area contributed by atoms with Crippen LogP contribution < -0.4 is 4.90 Å². The van der Waals surface area contributed by atoms with E-state index < -0.39 is 0 Å². The number of anilines is 1. The molecule has 1 aliphatic heterocycles. The Kier molecular flexibility index (Phi) is 2.51. The number of para-hydroxylation sites is 1. The molecular weight excluding hydrogens is 186 g/mol. The first-order valence-electron chi connectivity index (χ1n) is 5.48. The van der Waals surface area contributed by atoms with Gasteiger partial charge in [0.25, 0.3) is 0 Å². The van der Waals surface area contributed by atoms with E-state index in [1.807, 2.05) is 49.1 Å². The highest BCUT2D eigenvalue weighted by Gasteiger charge is 2.35. The predicted octanol–water partition coefficient (Wildman–Crippen LogP) is 2.84. The van der Waals surface area contributed by atoms with Gasteiger partial charge in [0.1, 0.15) is 0 Å². The molecule has 0 unspecified atom stereocenters. The number of benzene rings is 1. The van der Waals surface area contributed by atoms with E-state index in [9.17, 15) is 4.79 Å². The second-order valence-electron chi connectivity index (χ2n) is 4.78. The summed E-state index contributed by atoms with van der Waals surface area (Å²) >= 11 is 0. The zero-order chi connectivity index (χ0) is 10.9. The molecule has 1 heterocycles. The quantitative estimate of drug-likeness (QED) is 0.687. The second kappa shape index (κ2) is 3.69. The first kappa shape index (κ1) is 10.2. The molecule has 1 amide bonds. The Bertz CT molecular complexity index is 356. The molecule has 1 saturated heterocycles. The van der Waals surface area contributed by atoms with Crippen LogP contribution in [0.2, 0.25) is 0 Å². The Morgan fingerprint density at radius 2 is 1.87 bits per heavy atom. The number of piperidine rings is 1. The van der Waals surface area contributed by atoms with Gasteiger partial charge in [-0.25, -0.2) is 0 Å². The lowest BCUT2D eigenvalue weighted by atomic mass is 9.83. The molecular formula is C13H17NO. The maximum Gasteiger partial charge on any atom is 0.232 e. The van der Waals surface area contributed by atoms with Gasteiger partial charge in [-0.1, -0.05) is 32.0 Å². The molecule has 2 nitrogen and oxygen atoms in total. The van der Waals surface area contributed by atoms with Crippen LogP contribution in [0, 0.1) is 5.41 Å². The molecule has 0 radical (unpaired) electrons. The number of amides is 1. The standard InChI is InChI=1S/C13H17NO/c1-13(2)9-6-10-14(12(13)15)11-7-4-3-5-8-11/h3-5,7-8H,6,9-10H2,1-2H3. The molecule has 15 heavy (non-hydrogen) atoms. The van der Waals surface area contributed by atoms with Crippen LogP contribution >= 0.6 is 0 Å². The summed E-state index contributed by atoms with van der Waals surface area (Å²) < 4.78 is 0. The number of rotatable bonds is 1. The van der Waals surface area contributed by atoms with Gasteiger partial charge in [0.05, 0.1) is 0 Å². The van der Waals surface area contributed by atoms with Gasteiger partial charge in [0.2, 0.25) is 5.91 Å². The summed E-state index contributed by atoms with van der Waals surface area (Å²) in [6.07, 6.45) is 2.09. The highest BCUT2D eigenvalue weighted by molar-refractivity contribution is 5.97. The monoisotopic (exact) mass is 203 g/mol. The molecule has 80 valence electrons. The minimum Gasteiger partial charge on any atom is -0.312 e. The third-order valence-electron chi connectivity index (χ3n) is 3.08. The molecule has 2 heteroatoms. The molecule has 2 rings (SSSR count). The number of carbonyl (C=O) groups is 1. The number of nitrogens with zero attached hydrogens (tertiary/aromatic N) is 1. The average molecular weight is 203 g/mol. The van der Waals surface area contributed by atoms with E-state index in [4.69, 9.17) is 0 Å². The van der Waals surface area contributed by atoms with Gasteiger partial charge in [0.15, 0.2) is 0 Å². The Morgan fingerprint density at radius 1 is 1.20 bits per heavy atom. The zero-order valence-corrected chi connectivity index (χ0v) is 9.36. The predicted molar refractivity (Wildman–Crippen MR) is 61.8 cm³/mol. The fourth-order valence-corrected chi connectivity index (χ4v) is 2.11. The molecule has 0 saturated carbocycles. The van der Waals surface area contributed by atoms with Crippen LogP contribution in [0.1, 0.15) is 26.7 Å². The van der Waals surface area contributed by atoms with E-state index >= 15 is 0 Å². The molecule has 0 atom stereocenters. The summed E-state index contributed by atoms with van der Waals surface area (Å²) in [5, 5.41) is 0. The fourth-order valence-electron chi connectivity index (χ4n) is 2.11. The summed E-state index contributed by atoms with van der Waals surface area (Å²) in [7, 11) is 0. The van der Waals surface area contributed by atoms with E-state index in [2.05, 4.69) is 0 Å². The Morgan fingerprint density at radius 3 is 2.53 bits per heavy atom. The van der Waals surface area contributed by atoms with Crippen LogP contribution in [0.25, 0.3) is 0 Å². The topological polar surface area (TPSA) is 20.3 Å². The molecule has 1 aliphatic rings. The van der Waals surface area contributed by atoms with Crippen molar-refractivity contribution in [3.63, 3.8) is 0 Å². The summed E-state index contributed by atoms with van der Waals surface area (Å²) in [5.41, 5.74) is 0.823. The molecule has 1 fully saturated rings. The zero-order valence-electron chi connectivity index (χ0n) is 9.36. The molecule has 0 N–H and O–H groups in total. The molecule has 1 aromatic rings. The number of hydrogen-bond acceptors (Lipinski definition) is 1. The van der Waals surface area contributed by atoms with E-state index in [1.54, 1.807) is 0 Å². The van der Waals surface area contributed by atoms with Crippen molar-refractivity contribution < 1.29 is 4.79 Å². The molecule has 0 bridgehead atoms. The van der Waals surface area contributed by atoms with Gasteiger partial charge in [-0.2, -0.15) is 0 Å². The van der Waals surface area contributed by atoms with Crippen molar-refractivity contribution in [2.75, 3.05) is 11.4 Å². The van der Waals surface area contributed by atoms with Gasteiger partial charge in [-0.15, -0.1) is 0 Å². The lowest BCUT2D eigenvalue weighted by Gasteiger charge is -2.37. The van der Waals surface area contributed by atoms with E-state index in [1.165, 1.54) is 0 Å². The minimum atomic E-state index is -0.200. The third kappa shape index (κ3) is 1.89. The SMILES string of the molecule is CC1(C)CCCN(c2ccccc2)C1=O. The average Bonchev–Trinajstić information content (AvgIpc) is 2.23. The van der Waals surface area contributed by atoms with Crippen molar-refractivity contribution in [2.24, 2.45) is 5.41 Å². The van der Waals surface area contributed by atoms with Gasteiger partial charge < -0.3 is 4.90 Å². The van der Waals surface area contributed by atoms with Crippen molar-refractivity contribution in [1.29, 1.82) is 0 Å². The number of hydrogen-bond donors (Lipinski definition) is 0. The molecule has 1 aromatic carbocycles. The third-order valence-corrected chi connectivity index (χ3v) is 3.08. The molecule has 0 aromatic heterocycles. The van der Waals surface area contributed by atoms with Crippen LogP contribution in [-0.4, -0.2) is 12.5 Å². The van der Waals surface area contributed by atoms with Crippen LogP contribution in [0.3, 0.4) is 0 Å². The normalized spacial score (nSPS) is 20.4. The highest BCUT2D eigenvalue weighted by atomic mass is 16.2. The van der Waals surface area contributed by atoms with Gasteiger partial charge in [0, 0.05) is 17.6 Å². The van der Waals surface area contributed by atoms with Crippen molar-refractivity contribution >= 4 is 11.6 Å².